The van der Waals surface area contributed by atoms with Crippen LogP contribution < -0.4 is 4.90 Å². The maximum atomic E-state index is 11.2. The molecular formula is C19H17N3O3. The average Bonchev–Trinajstić information content (AvgIpc) is 3.07. The van der Waals surface area contributed by atoms with Crippen molar-refractivity contribution >= 4 is 22.8 Å². The second kappa shape index (κ2) is 6.14. The monoisotopic (exact) mass is 335 g/mol. The Morgan fingerprint density at radius 3 is 2.56 bits per heavy atom. The van der Waals surface area contributed by atoms with Gasteiger partial charge in [-0.2, -0.15) is 0 Å². The minimum absolute atomic E-state index is 0.182. The number of aliphatic hydroxyl groups excluding tert-OH is 1. The SMILES string of the molecule is O=C(O)c1ccc2nc(-c3ccccc3)c(N3CC[C@@H](O)C3)nc2c1. The fourth-order valence-electron chi connectivity index (χ4n) is 3.12. The summed E-state index contributed by atoms with van der Waals surface area (Å²) in [6, 6.07) is 14.5. The molecule has 1 fully saturated rings. The number of aromatic nitrogens is 2. The predicted octanol–water partition coefficient (Wildman–Crippen LogP) is 2.57. The van der Waals surface area contributed by atoms with Crippen LogP contribution in [0.3, 0.4) is 0 Å². The summed E-state index contributed by atoms with van der Waals surface area (Å²) in [5, 5.41) is 19.1. The molecule has 0 amide bonds. The Hall–Kier alpha value is -2.99. The highest BCUT2D eigenvalue weighted by molar-refractivity contribution is 5.93. The molecule has 0 aliphatic carbocycles. The molecule has 0 spiro atoms. The van der Waals surface area contributed by atoms with Crippen molar-refractivity contribution in [1.29, 1.82) is 0 Å². The van der Waals surface area contributed by atoms with E-state index in [1.807, 2.05) is 35.2 Å². The van der Waals surface area contributed by atoms with Gasteiger partial charge in [0, 0.05) is 18.7 Å². The van der Waals surface area contributed by atoms with Crippen molar-refractivity contribution in [2.24, 2.45) is 0 Å². The van der Waals surface area contributed by atoms with Crippen molar-refractivity contribution < 1.29 is 15.0 Å². The van der Waals surface area contributed by atoms with Crippen LogP contribution in [0.5, 0.6) is 0 Å². The maximum absolute atomic E-state index is 11.2. The lowest BCUT2D eigenvalue weighted by Crippen LogP contribution is -2.23. The number of fused-ring (bicyclic) bond motifs is 1. The third-order valence-corrected chi connectivity index (χ3v) is 4.40. The number of carboxylic acid groups (broad SMARTS) is 1. The van der Waals surface area contributed by atoms with Crippen LogP contribution >= 0.6 is 0 Å². The van der Waals surface area contributed by atoms with Crippen molar-refractivity contribution in [2.75, 3.05) is 18.0 Å². The molecule has 4 rings (SSSR count). The van der Waals surface area contributed by atoms with Crippen molar-refractivity contribution in [2.45, 2.75) is 12.5 Å². The van der Waals surface area contributed by atoms with E-state index in [1.54, 1.807) is 6.07 Å². The van der Waals surface area contributed by atoms with Crippen LogP contribution in [0.25, 0.3) is 22.3 Å². The zero-order valence-corrected chi connectivity index (χ0v) is 13.5. The molecule has 126 valence electrons. The number of aliphatic hydroxyl groups is 1. The van der Waals surface area contributed by atoms with Gasteiger partial charge >= 0.3 is 5.97 Å². The van der Waals surface area contributed by atoms with Gasteiger partial charge < -0.3 is 15.1 Å². The molecule has 1 aliphatic heterocycles. The van der Waals surface area contributed by atoms with E-state index in [1.165, 1.54) is 12.1 Å². The number of aromatic carboxylic acids is 1. The molecule has 6 nitrogen and oxygen atoms in total. The number of nitrogens with zero attached hydrogens (tertiary/aromatic N) is 3. The molecular weight excluding hydrogens is 318 g/mol. The molecule has 0 unspecified atom stereocenters. The van der Waals surface area contributed by atoms with Gasteiger partial charge in [-0.1, -0.05) is 30.3 Å². The number of carbonyl (C=O) groups is 1. The minimum atomic E-state index is -0.992. The Morgan fingerprint density at radius 2 is 1.88 bits per heavy atom. The lowest BCUT2D eigenvalue weighted by molar-refractivity contribution is 0.0697. The fraction of sp³-hybridized carbons (Fsp3) is 0.211. The highest BCUT2D eigenvalue weighted by Crippen LogP contribution is 2.31. The van der Waals surface area contributed by atoms with Gasteiger partial charge in [-0.3, -0.25) is 0 Å². The topological polar surface area (TPSA) is 86.5 Å². The Balaban J connectivity index is 1.92. The lowest BCUT2D eigenvalue weighted by Gasteiger charge is -2.20. The van der Waals surface area contributed by atoms with Crippen molar-refractivity contribution in [3.05, 3.63) is 54.1 Å². The molecule has 1 aliphatic rings. The number of anilines is 1. The molecule has 3 aromatic rings. The number of carboxylic acids is 1. The number of hydrogen-bond acceptors (Lipinski definition) is 5. The summed E-state index contributed by atoms with van der Waals surface area (Å²) in [6.45, 7) is 1.19. The molecule has 1 atom stereocenters. The number of benzene rings is 2. The molecule has 2 heterocycles. The van der Waals surface area contributed by atoms with E-state index in [2.05, 4.69) is 0 Å². The van der Waals surface area contributed by atoms with Crippen molar-refractivity contribution in [1.82, 2.24) is 9.97 Å². The molecule has 1 aromatic heterocycles. The maximum Gasteiger partial charge on any atom is 0.335 e. The highest BCUT2D eigenvalue weighted by atomic mass is 16.4. The van der Waals surface area contributed by atoms with E-state index in [-0.39, 0.29) is 11.7 Å². The Kier molecular flexibility index (Phi) is 3.82. The van der Waals surface area contributed by atoms with Crippen LogP contribution in [0.1, 0.15) is 16.8 Å². The summed E-state index contributed by atoms with van der Waals surface area (Å²) in [7, 11) is 0. The fourth-order valence-corrected chi connectivity index (χ4v) is 3.12. The van der Waals surface area contributed by atoms with Gasteiger partial charge in [0.1, 0.15) is 5.69 Å². The summed E-state index contributed by atoms with van der Waals surface area (Å²) in [5.74, 6) is -0.313. The molecule has 0 saturated carbocycles. The molecule has 2 aromatic carbocycles. The zero-order chi connectivity index (χ0) is 17.4. The zero-order valence-electron chi connectivity index (χ0n) is 13.5. The van der Waals surface area contributed by atoms with Crippen LogP contribution in [0.2, 0.25) is 0 Å². The van der Waals surface area contributed by atoms with E-state index in [0.717, 1.165) is 11.3 Å². The first-order valence-electron chi connectivity index (χ1n) is 8.15. The summed E-state index contributed by atoms with van der Waals surface area (Å²) in [6.07, 6.45) is 0.301. The molecule has 25 heavy (non-hydrogen) atoms. The lowest BCUT2D eigenvalue weighted by atomic mass is 10.1. The van der Waals surface area contributed by atoms with Gasteiger partial charge in [-0.25, -0.2) is 14.8 Å². The Bertz CT molecular complexity index is 943. The van der Waals surface area contributed by atoms with Gasteiger partial charge in [-0.15, -0.1) is 0 Å². The van der Waals surface area contributed by atoms with Crippen LogP contribution in [0, 0.1) is 0 Å². The van der Waals surface area contributed by atoms with E-state index in [0.29, 0.717) is 36.4 Å². The predicted molar refractivity (Wildman–Crippen MR) is 94.8 cm³/mol. The van der Waals surface area contributed by atoms with Gasteiger partial charge in [0.2, 0.25) is 0 Å². The normalized spacial score (nSPS) is 17.2. The molecule has 1 saturated heterocycles. The third kappa shape index (κ3) is 2.92. The minimum Gasteiger partial charge on any atom is -0.478 e. The number of rotatable bonds is 3. The Labute approximate surface area is 144 Å². The number of hydrogen-bond donors (Lipinski definition) is 2. The first-order chi connectivity index (χ1) is 12.1. The van der Waals surface area contributed by atoms with Crippen LogP contribution in [0.15, 0.2) is 48.5 Å². The summed E-state index contributed by atoms with van der Waals surface area (Å²) >= 11 is 0. The van der Waals surface area contributed by atoms with E-state index < -0.39 is 5.97 Å². The number of β-amino-alcohol motifs (C(OH)–C–C–N with tert-alkyl or cyclic N) is 1. The standard InChI is InChI=1S/C19H17N3O3/c23-14-8-9-22(11-14)18-17(12-4-2-1-3-5-12)20-15-7-6-13(19(24)25)10-16(15)21-18/h1-7,10,14,23H,8-9,11H2,(H,24,25)/t14-/m1/s1. The molecule has 0 bridgehead atoms. The van der Waals surface area contributed by atoms with E-state index in [9.17, 15) is 15.0 Å². The van der Waals surface area contributed by atoms with Gasteiger partial charge in [-0.05, 0) is 24.6 Å². The van der Waals surface area contributed by atoms with Crippen LogP contribution in [0.4, 0.5) is 5.82 Å². The highest BCUT2D eigenvalue weighted by Gasteiger charge is 2.25. The third-order valence-electron chi connectivity index (χ3n) is 4.40. The summed E-state index contributed by atoms with van der Waals surface area (Å²) < 4.78 is 0. The largest absolute Gasteiger partial charge is 0.478 e. The first-order valence-corrected chi connectivity index (χ1v) is 8.15. The van der Waals surface area contributed by atoms with Crippen molar-refractivity contribution in [3.8, 4) is 11.3 Å². The second-order valence-electron chi connectivity index (χ2n) is 6.16. The van der Waals surface area contributed by atoms with E-state index >= 15 is 0 Å². The average molecular weight is 335 g/mol. The summed E-state index contributed by atoms with van der Waals surface area (Å²) in [5.41, 5.74) is 3.05. The Morgan fingerprint density at radius 1 is 1.08 bits per heavy atom. The quantitative estimate of drug-likeness (QED) is 0.765. The van der Waals surface area contributed by atoms with Crippen LogP contribution in [-0.4, -0.2) is 45.3 Å². The second-order valence-corrected chi connectivity index (χ2v) is 6.16. The molecule has 2 N–H and O–H groups in total. The first kappa shape index (κ1) is 15.5. The van der Waals surface area contributed by atoms with E-state index in [4.69, 9.17) is 9.97 Å². The molecule has 6 heteroatoms. The summed E-state index contributed by atoms with van der Waals surface area (Å²) in [4.78, 5) is 22.7. The van der Waals surface area contributed by atoms with Crippen LogP contribution in [-0.2, 0) is 0 Å². The van der Waals surface area contributed by atoms with Crippen molar-refractivity contribution in [3.63, 3.8) is 0 Å². The van der Waals surface area contributed by atoms with Gasteiger partial charge in [0.05, 0.1) is 22.7 Å². The van der Waals surface area contributed by atoms with Gasteiger partial charge in [0.15, 0.2) is 5.82 Å². The molecule has 0 radical (unpaired) electrons. The smallest absolute Gasteiger partial charge is 0.335 e. The van der Waals surface area contributed by atoms with Gasteiger partial charge in [0.25, 0.3) is 0 Å².